The van der Waals surface area contributed by atoms with Gasteiger partial charge in [0.25, 0.3) is 0 Å². The highest BCUT2D eigenvalue weighted by Crippen LogP contribution is 2.25. The van der Waals surface area contributed by atoms with Crippen LogP contribution in [-0.4, -0.2) is 80.2 Å². The molecule has 0 bridgehead atoms. The van der Waals surface area contributed by atoms with Crippen molar-refractivity contribution in [2.24, 2.45) is 0 Å². The lowest BCUT2D eigenvalue weighted by molar-refractivity contribution is -0.277. The predicted octanol–water partition coefficient (Wildman–Crippen LogP) is -1.44. The summed E-state index contributed by atoms with van der Waals surface area (Å²) >= 11 is 0. The average Bonchev–Trinajstić information content (AvgIpc) is 2.74. The fraction of sp³-hybridized carbons (Fsp3) is 0.500. The predicted molar refractivity (Wildman–Crippen MR) is 99.0 cm³/mol. The molecular formula is C20H24O10. The van der Waals surface area contributed by atoms with Gasteiger partial charge >= 0.3 is 5.97 Å². The Hall–Kier alpha value is -2.34. The Balaban J connectivity index is 1.63. The van der Waals surface area contributed by atoms with Gasteiger partial charge in [0, 0.05) is 6.42 Å². The second-order valence-corrected chi connectivity index (χ2v) is 7.17. The molecule has 6 atom stereocenters. The standard InChI is InChI=1S/C20H24O10/c21-9-13-15(23)16(24)17(25)18(30-13)29-12-5-3-4-11(8-12)10-28-19(26)20(27)7-2-1-6-14(20)22/h2-5,7-8,13,15-18,21,23-25,27H,1,6,9-10H2/t13?,15-,16-,17?,18-,20+/m1/s1. The number of hydrogen-bond donors (Lipinski definition) is 5. The van der Waals surface area contributed by atoms with Crippen LogP contribution in [0.1, 0.15) is 18.4 Å². The molecular weight excluding hydrogens is 400 g/mol. The highest BCUT2D eigenvalue weighted by atomic mass is 16.7. The van der Waals surface area contributed by atoms with Crippen LogP contribution >= 0.6 is 0 Å². The maximum Gasteiger partial charge on any atom is 0.350 e. The van der Waals surface area contributed by atoms with Gasteiger partial charge in [0.1, 0.15) is 36.8 Å². The van der Waals surface area contributed by atoms with Crippen LogP contribution in [0, 0.1) is 0 Å². The maximum absolute atomic E-state index is 12.2. The topological polar surface area (TPSA) is 163 Å². The van der Waals surface area contributed by atoms with E-state index in [1.807, 2.05) is 0 Å². The Bertz CT molecular complexity index is 807. The van der Waals surface area contributed by atoms with E-state index >= 15 is 0 Å². The molecule has 1 heterocycles. The van der Waals surface area contributed by atoms with E-state index in [9.17, 15) is 35.1 Å². The lowest BCUT2D eigenvalue weighted by atomic mass is 9.90. The van der Waals surface area contributed by atoms with Crippen LogP contribution < -0.4 is 4.74 Å². The number of ketones is 1. The van der Waals surface area contributed by atoms with Gasteiger partial charge < -0.3 is 39.7 Å². The zero-order valence-electron chi connectivity index (χ0n) is 16.0. The Morgan fingerprint density at radius 1 is 1.20 bits per heavy atom. The number of benzene rings is 1. The quantitative estimate of drug-likeness (QED) is 0.208. The SMILES string of the molecule is O=C1CCC=C[C@@]1(O)C(=O)OCc1cccc(O[C@@H]2OC(CO)[C@@H](O)[C@@H](O)C2O)c1. The van der Waals surface area contributed by atoms with Crippen LogP contribution in [-0.2, 0) is 25.7 Å². The number of aliphatic hydroxyl groups excluding tert-OH is 4. The summed E-state index contributed by atoms with van der Waals surface area (Å²) in [5.74, 6) is -1.52. The minimum Gasteiger partial charge on any atom is -0.462 e. The van der Waals surface area contributed by atoms with Gasteiger partial charge in [-0.3, -0.25) is 4.79 Å². The largest absolute Gasteiger partial charge is 0.462 e. The molecule has 3 rings (SSSR count). The summed E-state index contributed by atoms with van der Waals surface area (Å²) in [7, 11) is 0. The summed E-state index contributed by atoms with van der Waals surface area (Å²) < 4.78 is 15.9. The Labute approximate surface area is 171 Å². The van der Waals surface area contributed by atoms with Gasteiger partial charge in [-0.15, -0.1) is 0 Å². The number of aliphatic hydroxyl groups is 5. The molecule has 0 radical (unpaired) electrons. The number of carbonyl (C=O) groups excluding carboxylic acids is 2. The van der Waals surface area contributed by atoms with Crippen LogP contribution in [0.15, 0.2) is 36.4 Å². The highest BCUT2D eigenvalue weighted by Gasteiger charge is 2.45. The molecule has 10 heteroatoms. The lowest BCUT2D eigenvalue weighted by Gasteiger charge is -2.39. The second-order valence-electron chi connectivity index (χ2n) is 7.17. The van der Waals surface area contributed by atoms with E-state index in [4.69, 9.17) is 14.2 Å². The summed E-state index contributed by atoms with van der Waals surface area (Å²) in [6.07, 6.45) is -3.95. The van der Waals surface area contributed by atoms with E-state index in [0.717, 1.165) is 6.08 Å². The minimum absolute atomic E-state index is 0.0462. The van der Waals surface area contributed by atoms with E-state index < -0.39 is 54.7 Å². The first-order valence-electron chi connectivity index (χ1n) is 9.43. The summed E-state index contributed by atoms with van der Waals surface area (Å²) in [6, 6.07) is 6.17. The van der Waals surface area contributed by atoms with Gasteiger partial charge in [-0.05, 0) is 30.2 Å². The molecule has 10 nitrogen and oxygen atoms in total. The molecule has 1 aliphatic heterocycles. The van der Waals surface area contributed by atoms with Gasteiger partial charge in [0.05, 0.1) is 6.61 Å². The number of Topliss-reactive ketones (excluding diaryl/α,β-unsaturated/α-hetero) is 1. The maximum atomic E-state index is 12.2. The van der Waals surface area contributed by atoms with Crippen LogP contribution in [0.25, 0.3) is 0 Å². The van der Waals surface area contributed by atoms with Crippen molar-refractivity contribution >= 4 is 11.8 Å². The van der Waals surface area contributed by atoms with E-state index in [1.165, 1.54) is 18.2 Å². The first-order valence-corrected chi connectivity index (χ1v) is 9.43. The minimum atomic E-state index is -2.29. The molecule has 2 unspecified atom stereocenters. The Morgan fingerprint density at radius 2 is 1.97 bits per heavy atom. The average molecular weight is 424 g/mol. The van der Waals surface area contributed by atoms with E-state index in [0.29, 0.717) is 12.0 Å². The van der Waals surface area contributed by atoms with Crippen molar-refractivity contribution in [3.8, 4) is 5.75 Å². The van der Waals surface area contributed by atoms with Gasteiger partial charge in [-0.1, -0.05) is 18.2 Å². The summed E-state index contributed by atoms with van der Waals surface area (Å²) in [6.45, 7) is -0.842. The third-order valence-corrected chi connectivity index (χ3v) is 5.00. The van der Waals surface area contributed by atoms with Gasteiger partial charge in [0.15, 0.2) is 5.78 Å². The van der Waals surface area contributed by atoms with E-state index in [1.54, 1.807) is 12.1 Å². The molecule has 5 N–H and O–H groups in total. The van der Waals surface area contributed by atoms with Crippen LogP contribution in [0.2, 0.25) is 0 Å². The molecule has 1 saturated heterocycles. The molecule has 2 aliphatic rings. The molecule has 30 heavy (non-hydrogen) atoms. The number of esters is 1. The van der Waals surface area contributed by atoms with Gasteiger partial charge in [-0.25, -0.2) is 4.79 Å². The molecule has 0 saturated carbocycles. The van der Waals surface area contributed by atoms with Crippen LogP contribution in [0.4, 0.5) is 0 Å². The lowest BCUT2D eigenvalue weighted by Crippen LogP contribution is -2.60. The van der Waals surface area contributed by atoms with Crippen molar-refractivity contribution in [3.05, 3.63) is 42.0 Å². The number of hydrogen-bond acceptors (Lipinski definition) is 10. The zero-order chi connectivity index (χ0) is 21.9. The molecule has 0 amide bonds. The highest BCUT2D eigenvalue weighted by molar-refractivity contribution is 6.09. The first kappa shape index (κ1) is 22.3. The van der Waals surface area contributed by atoms with Crippen molar-refractivity contribution in [2.75, 3.05) is 6.61 Å². The van der Waals surface area contributed by atoms with E-state index in [2.05, 4.69) is 0 Å². The Kier molecular flexibility index (Phi) is 6.86. The molecule has 0 aromatic heterocycles. The van der Waals surface area contributed by atoms with Crippen LogP contribution in [0.3, 0.4) is 0 Å². The van der Waals surface area contributed by atoms with Crippen molar-refractivity contribution in [1.82, 2.24) is 0 Å². The zero-order valence-corrected chi connectivity index (χ0v) is 16.0. The third kappa shape index (κ3) is 4.53. The molecule has 1 aliphatic carbocycles. The number of ether oxygens (including phenoxy) is 3. The second kappa shape index (κ2) is 9.21. The number of rotatable bonds is 6. The van der Waals surface area contributed by atoms with Crippen molar-refractivity contribution in [3.63, 3.8) is 0 Å². The molecule has 0 spiro atoms. The summed E-state index contributed by atoms with van der Waals surface area (Å²) in [5.41, 5.74) is -1.83. The fourth-order valence-corrected chi connectivity index (χ4v) is 3.20. The summed E-state index contributed by atoms with van der Waals surface area (Å²) in [5, 5.41) is 49.2. The van der Waals surface area contributed by atoms with E-state index in [-0.39, 0.29) is 18.8 Å². The van der Waals surface area contributed by atoms with Crippen LogP contribution in [0.5, 0.6) is 5.75 Å². The normalized spacial score (nSPS) is 33.9. The summed E-state index contributed by atoms with van der Waals surface area (Å²) in [4.78, 5) is 24.0. The molecule has 1 aromatic carbocycles. The van der Waals surface area contributed by atoms with Gasteiger partial charge in [0.2, 0.25) is 11.9 Å². The fourth-order valence-electron chi connectivity index (χ4n) is 3.20. The first-order chi connectivity index (χ1) is 14.3. The monoisotopic (exact) mass is 424 g/mol. The molecule has 164 valence electrons. The van der Waals surface area contributed by atoms with Crippen molar-refractivity contribution in [1.29, 1.82) is 0 Å². The number of allylic oxidation sites excluding steroid dienone is 1. The molecule has 1 fully saturated rings. The Morgan fingerprint density at radius 3 is 2.67 bits per heavy atom. The number of carbonyl (C=O) groups is 2. The smallest absolute Gasteiger partial charge is 0.350 e. The van der Waals surface area contributed by atoms with Gasteiger partial charge in [-0.2, -0.15) is 0 Å². The molecule has 1 aromatic rings. The third-order valence-electron chi connectivity index (χ3n) is 5.00. The van der Waals surface area contributed by atoms with Crippen molar-refractivity contribution in [2.45, 2.75) is 55.8 Å². The van der Waals surface area contributed by atoms with Crippen molar-refractivity contribution < 1.29 is 49.3 Å².